The zero-order chi connectivity index (χ0) is 63.0. The molecule has 2 heterocycles. The van der Waals surface area contributed by atoms with Crippen LogP contribution in [0, 0.1) is 41.4 Å². The van der Waals surface area contributed by atoms with Crippen LogP contribution in [0.5, 0.6) is 0 Å². The standard InChI is InChI=1S/C61H109NO21/c1-32-15-10-11-19-47(70)38(7)55(75)33(2)16-12-17-35(4)60(80)81-51(37(6)46(69)20-14-24-62)21-13-18-41(64)26-42(65)28-48(71)39(8)56(76)40(9)49(72)29-43(66)27-44(67)30-50(73)52(25-36(5)54(74)34(3)22-23-45(32)68)82-61-59(79)58(78)57(77)53(31-63)83-61/h10,13,15,17-18,22-23,25,32-34,37-59,61,63-79H,11-12,14,16,19-21,24,26-31,62H2,1-9H3/b15-10+,18-13+,23-22+,35-17+,36-25+/t32-,33-,34-,37+,38-,39-,40-,41+,42-,43-,44-,45-,46+,47-,48+,49-,50+,51-,52-,53+,54+,55+,56-,57+,58-,59-,61+/m0/s1. The maximum absolute atomic E-state index is 13.4. The molecule has 0 aliphatic carbocycles. The van der Waals surface area contributed by atoms with Gasteiger partial charge in [-0.15, -0.1) is 0 Å². The maximum Gasteiger partial charge on any atom is 0.333 e. The summed E-state index contributed by atoms with van der Waals surface area (Å²) in [5.41, 5.74) is 6.22. The molecule has 27 atom stereocenters. The van der Waals surface area contributed by atoms with Gasteiger partial charge < -0.3 is 107 Å². The minimum absolute atomic E-state index is 0.0959. The van der Waals surface area contributed by atoms with Gasteiger partial charge in [0.05, 0.1) is 86.0 Å². The first-order chi connectivity index (χ1) is 38.9. The monoisotopic (exact) mass is 1190 g/mol. The Morgan fingerprint density at radius 1 is 0.639 bits per heavy atom. The van der Waals surface area contributed by atoms with E-state index in [1.165, 1.54) is 39.0 Å². The molecule has 22 nitrogen and oxygen atoms in total. The van der Waals surface area contributed by atoms with Crippen LogP contribution in [-0.2, 0) is 19.0 Å². The van der Waals surface area contributed by atoms with Gasteiger partial charge in [0, 0.05) is 60.3 Å². The van der Waals surface area contributed by atoms with Gasteiger partial charge in [0.2, 0.25) is 0 Å². The van der Waals surface area contributed by atoms with Crippen molar-refractivity contribution in [2.45, 2.75) is 262 Å². The number of aliphatic hydroxyl groups excluding tert-OH is 17. The number of nitrogens with two attached hydrogens (primary N) is 1. The predicted molar refractivity (Wildman–Crippen MR) is 310 cm³/mol. The predicted octanol–water partition coefficient (Wildman–Crippen LogP) is 0.442. The van der Waals surface area contributed by atoms with Crippen LogP contribution in [0.3, 0.4) is 0 Å². The summed E-state index contributed by atoms with van der Waals surface area (Å²) in [6, 6.07) is 0. The second-order valence-electron chi connectivity index (χ2n) is 24.2. The quantitative estimate of drug-likeness (QED) is 0.116. The molecule has 0 aromatic carbocycles. The molecule has 1 fully saturated rings. The van der Waals surface area contributed by atoms with Gasteiger partial charge >= 0.3 is 5.97 Å². The molecule has 0 unspecified atom stereocenters. The number of carbonyl (C=O) groups is 1. The number of esters is 1. The fourth-order valence-electron chi connectivity index (χ4n) is 10.5. The van der Waals surface area contributed by atoms with E-state index in [-0.39, 0.29) is 37.2 Å². The average Bonchev–Trinajstić information content (AvgIpc) is 3.63. The minimum Gasteiger partial charge on any atom is -0.458 e. The molecule has 0 spiro atoms. The Bertz CT molecular complexity index is 1960. The van der Waals surface area contributed by atoms with E-state index >= 15 is 0 Å². The molecule has 19 N–H and O–H groups in total. The number of hydrogen-bond donors (Lipinski definition) is 18. The third kappa shape index (κ3) is 25.9. The minimum atomic E-state index is -1.88. The van der Waals surface area contributed by atoms with E-state index in [0.717, 1.165) is 0 Å². The molecule has 1 saturated heterocycles. The summed E-state index contributed by atoms with van der Waals surface area (Å²) in [6.07, 6.45) is -13.2. The van der Waals surface area contributed by atoms with Gasteiger partial charge in [-0.3, -0.25) is 0 Å². The topological polar surface area (TPSA) is 415 Å². The number of ether oxygens (including phenoxy) is 3. The zero-order valence-electron chi connectivity index (χ0n) is 50.4. The summed E-state index contributed by atoms with van der Waals surface area (Å²) < 4.78 is 17.4. The van der Waals surface area contributed by atoms with Crippen molar-refractivity contribution in [1.82, 2.24) is 0 Å². The van der Waals surface area contributed by atoms with Gasteiger partial charge in [0.15, 0.2) is 6.29 Å². The Kier molecular flexibility index (Phi) is 35.6. The van der Waals surface area contributed by atoms with Crippen molar-refractivity contribution < 1.29 is 106 Å². The molecule has 0 amide bonds. The van der Waals surface area contributed by atoms with E-state index in [2.05, 4.69) is 0 Å². The summed E-state index contributed by atoms with van der Waals surface area (Å²) in [4.78, 5) is 13.4. The third-order valence-corrected chi connectivity index (χ3v) is 17.0. The molecular weight excluding hydrogens is 1080 g/mol. The Labute approximate surface area is 492 Å². The van der Waals surface area contributed by atoms with Gasteiger partial charge in [-0.2, -0.15) is 0 Å². The Morgan fingerprint density at radius 2 is 1.22 bits per heavy atom. The van der Waals surface area contributed by atoms with Gasteiger partial charge in [0.25, 0.3) is 0 Å². The van der Waals surface area contributed by atoms with Crippen LogP contribution in [-0.4, -0.2) is 228 Å². The van der Waals surface area contributed by atoms with E-state index in [1.807, 2.05) is 13.0 Å². The van der Waals surface area contributed by atoms with Crippen LogP contribution in [0.15, 0.2) is 59.8 Å². The summed E-state index contributed by atoms with van der Waals surface area (Å²) in [5.74, 6) is -4.84. The molecule has 0 radical (unpaired) electrons. The molecule has 2 rings (SSSR count). The highest BCUT2D eigenvalue weighted by Crippen LogP contribution is 2.30. The van der Waals surface area contributed by atoms with Gasteiger partial charge in [-0.05, 0) is 89.7 Å². The molecule has 0 saturated carbocycles. The highest BCUT2D eigenvalue weighted by Gasteiger charge is 2.46. The highest BCUT2D eigenvalue weighted by molar-refractivity contribution is 5.87. The molecule has 484 valence electrons. The van der Waals surface area contributed by atoms with Crippen molar-refractivity contribution >= 4 is 5.97 Å². The van der Waals surface area contributed by atoms with Crippen LogP contribution < -0.4 is 5.73 Å². The average molecular weight is 1190 g/mol. The summed E-state index contributed by atoms with van der Waals surface area (Å²) in [7, 11) is 0. The number of allylic oxidation sites excluding steroid dienone is 2. The molecular formula is C61H109NO21. The zero-order valence-corrected chi connectivity index (χ0v) is 50.4. The van der Waals surface area contributed by atoms with Crippen LogP contribution >= 0.6 is 0 Å². The number of carbonyl (C=O) groups excluding carboxylic acids is 1. The third-order valence-electron chi connectivity index (χ3n) is 17.0. The van der Waals surface area contributed by atoms with Crippen LogP contribution in [0.1, 0.15) is 139 Å². The Balaban J connectivity index is 2.45. The molecule has 0 bridgehead atoms. The lowest BCUT2D eigenvalue weighted by molar-refractivity contribution is -0.313. The van der Waals surface area contributed by atoms with Crippen molar-refractivity contribution in [2.75, 3.05) is 13.2 Å². The number of cyclic esters (lactones) is 1. The number of hydrogen-bond acceptors (Lipinski definition) is 22. The normalized spacial score (nSPS) is 44.2. The number of rotatable bonds is 8. The van der Waals surface area contributed by atoms with Crippen molar-refractivity contribution in [3.05, 3.63) is 59.8 Å². The Hall–Kier alpha value is -2.63. The second kappa shape index (κ2) is 38.6. The first-order valence-electron chi connectivity index (χ1n) is 29.9. The summed E-state index contributed by atoms with van der Waals surface area (Å²) in [6.45, 7) is 14.5. The van der Waals surface area contributed by atoms with Gasteiger partial charge in [0.1, 0.15) is 36.6 Å². The largest absolute Gasteiger partial charge is 0.458 e. The molecule has 2 aliphatic rings. The highest BCUT2D eigenvalue weighted by atomic mass is 16.7. The number of aliphatic hydroxyl groups is 17. The molecule has 0 aromatic heterocycles. The molecule has 22 heteroatoms. The van der Waals surface area contributed by atoms with Crippen LogP contribution in [0.2, 0.25) is 0 Å². The fraction of sp³-hybridized carbons (Fsp3) is 0.820. The SMILES string of the molecule is C/C1=C\CC[C@H](C)[C@@H](O)[C@@H](C)[C@@H](O)CC/C=C/[C@H](C)[C@@H](O)/C=C/[C@H](C)[C@@H](O)/C(C)=C/[C@H](O[C@@H]2O[C@H](CO)[C@@H](O)[C@H](O)[C@@H]2O)[C@H](O)C[C@@H](O)C[C@H](O)C[C@H](O)[C@H](C)[C@@H](O)[C@@H](C)[C@H](O)C[C@@H](O)C[C@H](O)/C=C/C[C@@H]([C@H](C)[C@H](O)CCCN)OC1=O. The first-order valence-corrected chi connectivity index (χ1v) is 29.9. The molecule has 83 heavy (non-hydrogen) atoms. The maximum atomic E-state index is 13.4. The fourth-order valence-corrected chi connectivity index (χ4v) is 10.5. The van der Waals surface area contributed by atoms with E-state index in [4.69, 9.17) is 19.9 Å². The van der Waals surface area contributed by atoms with E-state index < -0.39 is 183 Å². The summed E-state index contributed by atoms with van der Waals surface area (Å²) >= 11 is 0. The second-order valence-corrected chi connectivity index (χ2v) is 24.2. The van der Waals surface area contributed by atoms with Crippen molar-refractivity contribution in [3.63, 3.8) is 0 Å². The molecule has 0 aromatic rings. The van der Waals surface area contributed by atoms with Gasteiger partial charge in [-0.25, -0.2) is 4.79 Å². The smallest absolute Gasteiger partial charge is 0.333 e. The first kappa shape index (κ1) is 76.5. The molecule has 2 aliphatic heterocycles. The van der Waals surface area contributed by atoms with Gasteiger partial charge in [-0.1, -0.05) is 97.1 Å². The van der Waals surface area contributed by atoms with E-state index in [0.29, 0.717) is 50.6 Å². The Morgan fingerprint density at radius 3 is 1.81 bits per heavy atom. The lowest BCUT2D eigenvalue weighted by Gasteiger charge is -2.41. The lowest BCUT2D eigenvalue weighted by Crippen LogP contribution is -2.60. The van der Waals surface area contributed by atoms with Crippen LogP contribution in [0.4, 0.5) is 0 Å². The van der Waals surface area contributed by atoms with Crippen molar-refractivity contribution in [2.24, 2.45) is 47.2 Å². The lowest BCUT2D eigenvalue weighted by atomic mass is 9.82. The van der Waals surface area contributed by atoms with Crippen molar-refractivity contribution in [3.8, 4) is 0 Å². The van der Waals surface area contributed by atoms with E-state index in [9.17, 15) is 91.6 Å². The summed E-state index contributed by atoms with van der Waals surface area (Å²) in [5, 5.41) is 186. The van der Waals surface area contributed by atoms with E-state index in [1.54, 1.807) is 58.9 Å². The van der Waals surface area contributed by atoms with Crippen LogP contribution in [0.25, 0.3) is 0 Å². The van der Waals surface area contributed by atoms with Crippen molar-refractivity contribution in [1.29, 1.82) is 0 Å².